The Morgan fingerprint density at radius 1 is 0.607 bits per heavy atom. The van der Waals surface area contributed by atoms with E-state index in [0.29, 0.717) is 0 Å². The van der Waals surface area contributed by atoms with Crippen LogP contribution in [0.2, 0.25) is 0 Å². The molecular weight excluding hydrogens is 350 g/mol. The van der Waals surface area contributed by atoms with Crippen molar-refractivity contribution in [2.75, 3.05) is 54.0 Å². The molecule has 2 aromatic heterocycles. The van der Waals surface area contributed by atoms with E-state index in [2.05, 4.69) is 48.9 Å². The van der Waals surface area contributed by atoms with Gasteiger partial charge in [0.2, 0.25) is 11.9 Å². The Morgan fingerprint density at radius 2 is 1.29 bits per heavy atom. The maximum absolute atomic E-state index is 5.04. The normalized spacial score (nSPS) is 17.9. The van der Waals surface area contributed by atoms with E-state index in [-0.39, 0.29) is 0 Å². The number of fused-ring (bicyclic) bond motifs is 1. The lowest BCUT2D eigenvalue weighted by Crippen LogP contribution is -2.47. The molecule has 7 heteroatoms. The third-order valence-corrected chi connectivity index (χ3v) is 5.62. The second-order valence-electron chi connectivity index (χ2n) is 7.43. The van der Waals surface area contributed by atoms with Crippen LogP contribution in [0.4, 0.5) is 17.7 Å². The summed E-state index contributed by atoms with van der Waals surface area (Å²) in [5, 5.41) is 1.16. The molecule has 2 aliphatic rings. The summed E-state index contributed by atoms with van der Waals surface area (Å²) in [6.45, 7) is 5.66. The SMILES string of the molecule is c1cnc(N2CCN(c3nc(N4CCCCC4)c4ccccc4n3)CC2)nc1. The van der Waals surface area contributed by atoms with Crippen molar-refractivity contribution in [3.63, 3.8) is 0 Å². The molecule has 0 aliphatic carbocycles. The molecule has 0 amide bonds. The fourth-order valence-electron chi connectivity index (χ4n) is 4.10. The smallest absolute Gasteiger partial charge is 0.228 e. The number of anilines is 3. The highest BCUT2D eigenvalue weighted by Gasteiger charge is 2.23. The summed E-state index contributed by atoms with van der Waals surface area (Å²) in [6, 6.07) is 10.2. The standard InChI is InChI=1S/C21H25N7/c1-4-11-26(12-5-1)19-17-7-2-3-8-18(17)24-21(25-19)28-15-13-27(14-16-28)20-22-9-6-10-23-20/h2-3,6-10H,1,4-5,11-16H2. The van der Waals surface area contributed by atoms with E-state index in [1.54, 1.807) is 12.4 Å². The molecular formula is C21H25N7. The highest BCUT2D eigenvalue weighted by molar-refractivity contribution is 5.90. The Morgan fingerprint density at radius 3 is 2.04 bits per heavy atom. The van der Waals surface area contributed by atoms with Gasteiger partial charge in [0.15, 0.2) is 0 Å². The Bertz CT molecular complexity index is 932. The van der Waals surface area contributed by atoms with E-state index in [1.807, 2.05) is 6.07 Å². The Kier molecular flexibility index (Phi) is 4.64. The first-order valence-electron chi connectivity index (χ1n) is 10.2. The van der Waals surface area contributed by atoms with Gasteiger partial charge in [0, 0.05) is 57.0 Å². The molecule has 28 heavy (non-hydrogen) atoms. The fraction of sp³-hybridized carbons (Fsp3) is 0.429. The van der Waals surface area contributed by atoms with Gasteiger partial charge in [-0.3, -0.25) is 0 Å². The van der Waals surface area contributed by atoms with Crippen LogP contribution >= 0.6 is 0 Å². The lowest BCUT2D eigenvalue weighted by atomic mass is 10.1. The summed E-state index contributed by atoms with van der Waals surface area (Å²) < 4.78 is 0. The summed E-state index contributed by atoms with van der Waals surface area (Å²) in [5.41, 5.74) is 1.03. The van der Waals surface area contributed by atoms with Crippen LogP contribution in [0.15, 0.2) is 42.7 Å². The van der Waals surface area contributed by atoms with Gasteiger partial charge in [-0.25, -0.2) is 15.0 Å². The second-order valence-corrected chi connectivity index (χ2v) is 7.43. The van der Waals surface area contributed by atoms with Gasteiger partial charge in [-0.15, -0.1) is 0 Å². The molecule has 2 fully saturated rings. The molecule has 0 atom stereocenters. The molecule has 4 heterocycles. The number of piperazine rings is 1. The number of aromatic nitrogens is 4. The van der Waals surface area contributed by atoms with Crippen molar-refractivity contribution >= 4 is 28.6 Å². The second kappa shape index (κ2) is 7.58. The zero-order chi connectivity index (χ0) is 18.8. The van der Waals surface area contributed by atoms with Crippen LogP contribution < -0.4 is 14.7 Å². The Labute approximate surface area is 165 Å². The molecule has 0 saturated carbocycles. The molecule has 0 unspecified atom stereocenters. The number of hydrogen-bond donors (Lipinski definition) is 0. The zero-order valence-corrected chi connectivity index (χ0v) is 16.0. The number of rotatable bonds is 3. The van der Waals surface area contributed by atoms with Crippen LogP contribution in [0.3, 0.4) is 0 Å². The molecule has 5 rings (SSSR count). The number of hydrogen-bond acceptors (Lipinski definition) is 7. The van der Waals surface area contributed by atoms with Gasteiger partial charge in [-0.1, -0.05) is 12.1 Å². The van der Waals surface area contributed by atoms with Gasteiger partial charge in [-0.05, 0) is 37.5 Å². The van der Waals surface area contributed by atoms with Crippen LogP contribution in [0.5, 0.6) is 0 Å². The van der Waals surface area contributed by atoms with E-state index in [4.69, 9.17) is 9.97 Å². The number of benzene rings is 1. The number of para-hydroxylation sites is 1. The Hall–Kier alpha value is -2.96. The third kappa shape index (κ3) is 3.32. The molecule has 0 spiro atoms. The van der Waals surface area contributed by atoms with Crippen molar-refractivity contribution in [1.82, 2.24) is 19.9 Å². The largest absolute Gasteiger partial charge is 0.356 e. The number of nitrogens with zero attached hydrogens (tertiary/aromatic N) is 7. The van der Waals surface area contributed by atoms with Crippen molar-refractivity contribution in [3.05, 3.63) is 42.7 Å². The molecule has 0 radical (unpaired) electrons. The summed E-state index contributed by atoms with van der Waals surface area (Å²) in [7, 11) is 0. The van der Waals surface area contributed by atoms with E-state index in [1.165, 1.54) is 19.3 Å². The minimum absolute atomic E-state index is 0.801. The van der Waals surface area contributed by atoms with Crippen LogP contribution in [-0.2, 0) is 0 Å². The predicted octanol–water partition coefficient (Wildman–Crippen LogP) is 2.74. The average molecular weight is 375 g/mol. The fourth-order valence-corrected chi connectivity index (χ4v) is 4.10. The average Bonchev–Trinajstić information content (AvgIpc) is 2.79. The first-order valence-corrected chi connectivity index (χ1v) is 10.2. The van der Waals surface area contributed by atoms with Gasteiger partial charge in [0.1, 0.15) is 5.82 Å². The topological polar surface area (TPSA) is 61.3 Å². The zero-order valence-electron chi connectivity index (χ0n) is 16.0. The van der Waals surface area contributed by atoms with E-state index in [9.17, 15) is 0 Å². The quantitative estimate of drug-likeness (QED) is 0.697. The maximum Gasteiger partial charge on any atom is 0.228 e. The molecule has 144 valence electrons. The van der Waals surface area contributed by atoms with Crippen molar-refractivity contribution in [1.29, 1.82) is 0 Å². The molecule has 3 aromatic rings. The molecule has 2 saturated heterocycles. The molecule has 7 nitrogen and oxygen atoms in total. The molecule has 0 N–H and O–H groups in total. The molecule has 0 bridgehead atoms. The first-order chi connectivity index (χ1) is 13.9. The van der Waals surface area contributed by atoms with E-state index < -0.39 is 0 Å². The number of piperidine rings is 1. The van der Waals surface area contributed by atoms with E-state index in [0.717, 1.165) is 67.9 Å². The molecule has 2 aliphatic heterocycles. The van der Waals surface area contributed by atoms with Crippen LogP contribution in [0.25, 0.3) is 10.9 Å². The van der Waals surface area contributed by atoms with Crippen molar-refractivity contribution < 1.29 is 0 Å². The minimum atomic E-state index is 0.801. The predicted molar refractivity (Wildman–Crippen MR) is 112 cm³/mol. The van der Waals surface area contributed by atoms with Gasteiger partial charge in [-0.2, -0.15) is 4.98 Å². The van der Waals surface area contributed by atoms with Gasteiger partial charge in [0.25, 0.3) is 0 Å². The van der Waals surface area contributed by atoms with Gasteiger partial charge >= 0.3 is 0 Å². The maximum atomic E-state index is 5.04. The monoisotopic (exact) mass is 375 g/mol. The van der Waals surface area contributed by atoms with Gasteiger partial charge in [0.05, 0.1) is 5.52 Å². The van der Waals surface area contributed by atoms with Crippen LogP contribution in [-0.4, -0.2) is 59.2 Å². The van der Waals surface area contributed by atoms with Crippen LogP contribution in [0.1, 0.15) is 19.3 Å². The first kappa shape index (κ1) is 17.2. The van der Waals surface area contributed by atoms with Crippen molar-refractivity contribution in [3.8, 4) is 0 Å². The Balaban J connectivity index is 1.42. The minimum Gasteiger partial charge on any atom is -0.356 e. The molecule has 1 aromatic carbocycles. The third-order valence-electron chi connectivity index (χ3n) is 5.62. The van der Waals surface area contributed by atoms with E-state index >= 15 is 0 Å². The van der Waals surface area contributed by atoms with Crippen LogP contribution in [0, 0.1) is 0 Å². The lowest BCUT2D eigenvalue weighted by molar-refractivity contribution is 0.573. The van der Waals surface area contributed by atoms with Crippen molar-refractivity contribution in [2.24, 2.45) is 0 Å². The summed E-state index contributed by atoms with van der Waals surface area (Å²) in [5.74, 6) is 2.73. The lowest BCUT2D eigenvalue weighted by Gasteiger charge is -2.35. The van der Waals surface area contributed by atoms with Crippen molar-refractivity contribution in [2.45, 2.75) is 19.3 Å². The highest BCUT2D eigenvalue weighted by atomic mass is 15.4. The summed E-state index contributed by atoms with van der Waals surface area (Å²) in [4.78, 5) is 25.6. The van der Waals surface area contributed by atoms with Gasteiger partial charge < -0.3 is 14.7 Å². The summed E-state index contributed by atoms with van der Waals surface area (Å²) in [6.07, 6.45) is 7.39. The highest BCUT2D eigenvalue weighted by Crippen LogP contribution is 2.29. The summed E-state index contributed by atoms with van der Waals surface area (Å²) >= 11 is 0.